The molecule has 0 bridgehead atoms. The van der Waals surface area contributed by atoms with Crippen LogP contribution < -0.4 is 4.74 Å². The Morgan fingerprint density at radius 2 is 2.27 bits per heavy atom. The molecule has 0 radical (unpaired) electrons. The van der Waals surface area contributed by atoms with E-state index in [0.29, 0.717) is 25.4 Å². The first kappa shape index (κ1) is 16.7. The number of hydrogen-bond donors (Lipinski definition) is 1. The average Bonchev–Trinajstić information content (AvgIpc) is 3.27. The minimum atomic E-state index is 0.100. The molecule has 7 nitrogen and oxygen atoms in total. The lowest BCUT2D eigenvalue weighted by Crippen LogP contribution is -2.37. The van der Waals surface area contributed by atoms with Crippen molar-refractivity contribution in [3.8, 4) is 17.3 Å². The third kappa shape index (κ3) is 3.32. The highest BCUT2D eigenvalue weighted by molar-refractivity contribution is 7.09. The quantitative estimate of drug-likeness (QED) is 0.763. The number of fused-ring (bicyclic) bond motifs is 1. The molecule has 0 saturated carbocycles. The standard InChI is InChI=1S/C18H19N5O2S/c1-11-20-13(10-26-11)7-17(24)23-6-5-14-15(9-23)22-18(21-14)12-3-4-16(25-2)19-8-12/h3-4,8,10H,5-7,9H2,1-2H3,(H,21,22). The Labute approximate surface area is 155 Å². The molecule has 0 fully saturated rings. The lowest BCUT2D eigenvalue weighted by Gasteiger charge is -2.26. The molecule has 0 saturated heterocycles. The number of aryl methyl sites for hydroxylation is 1. The summed E-state index contributed by atoms with van der Waals surface area (Å²) >= 11 is 1.57. The summed E-state index contributed by atoms with van der Waals surface area (Å²) in [5, 5.41) is 2.94. The SMILES string of the molecule is COc1ccc(-c2nc3c([nH]2)CN(C(=O)Cc2csc(C)n2)CC3)cn1. The molecular formula is C18H19N5O2S. The van der Waals surface area contributed by atoms with Crippen molar-refractivity contribution in [2.45, 2.75) is 26.3 Å². The maximum Gasteiger partial charge on any atom is 0.228 e. The van der Waals surface area contributed by atoms with Crippen LogP contribution in [0.5, 0.6) is 5.88 Å². The van der Waals surface area contributed by atoms with Crippen molar-refractivity contribution in [2.75, 3.05) is 13.7 Å². The Hall–Kier alpha value is -2.74. The van der Waals surface area contributed by atoms with Crippen LogP contribution in [-0.4, -0.2) is 44.4 Å². The van der Waals surface area contributed by atoms with Crippen molar-refractivity contribution in [1.82, 2.24) is 24.8 Å². The van der Waals surface area contributed by atoms with Gasteiger partial charge in [0.1, 0.15) is 5.82 Å². The zero-order valence-corrected chi connectivity index (χ0v) is 15.5. The maximum atomic E-state index is 12.6. The summed E-state index contributed by atoms with van der Waals surface area (Å²) in [4.78, 5) is 31.0. The molecule has 8 heteroatoms. The number of aromatic nitrogens is 4. The molecule has 4 heterocycles. The Bertz CT molecular complexity index is 931. The van der Waals surface area contributed by atoms with Gasteiger partial charge in [-0.25, -0.2) is 15.0 Å². The average molecular weight is 369 g/mol. The molecule has 3 aromatic heterocycles. The smallest absolute Gasteiger partial charge is 0.228 e. The number of carbonyl (C=O) groups excluding carboxylic acids is 1. The van der Waals surface area contributed by atoms with Gasteiger partial charge in [0.05, 0.1) is 42.2 Å². The lowest BCUT2D eigenvalue weighted by molar-refractivity contribution is -0.131. The van der Waals surface area contributed by atoms with Gasteiger partial charge in [0.25, 0.3) is 0 Å². The van der Waals surface area contributed by atoms with Crippen molar-refractivity contribution in [2.24, 2.45) is 0 Å². The number of aromatic amines is 1. The van der Waals surface area contributed by atoms with E-state index in [0.717, 1.165) is 39.9 Å². The Kier molecular flexibility index (Phi) is 4.42. The van der Waals surface area contributed by atoms with Gasteiger partial charge in [-0.1, -0.05) is 0 Å². The van der Waals surface area contributed by atoms with Crippen molar-refractivity contribution in [1.29, 1.82) is 0 Å². The molecule has 0 atom stereocenters. The van der Waals surface area contributed by atoms with Crippen molar-refractivity contribution < 1.29 is 9.53 Å². The van der Waals surface area contributed by atoms with E-state index in [1.165, 1.54) is 0 Å². The van der Waals surface area contributed by atoms with Gasteiger partial charge in [-0.2, -0.15) is 0 Å². The van der Waals surface area contributed by atoms with Gasteiger partial charge in [0.2, 0.25) is 11.8 Å². The molecule has 0 unspecified atom stereocenters. The largest absolute Gasteiger partial charge is 0.481 e. The highest BCUT2D eigenvalue weighted by Gasteiger charge is 2.24. The number of hydrogen-bond acceptors (Lipinski definition) is 6. The van der Waals surface area contributed by atoms with Crippen LogP contribution in [0.25, 0.3) is 11.4 Å². The van der Waals surface area contributed by atoms with Gasteiger partial charge >= 0.3 is 0 Å². The topological polar surface area (TPSA) is 84.0 Å². The molecule has 0 aliphatic carbocycles. The van der Waals surface area contributed by atoms with E-state index in [1.54, 1.807) is 24.6 Å². The summed E-state index contributed by atoms with van der Waals surface area (Å²) < 4.78 is 5.09. The van der Waals surface area contributed by atoms with Gasteiger partial charge < -0.3 is 14.6 Å². The third-order valence-corrected chi connectivity index (χ3v) is 5.22. The van der Waals surface area contributed by atoms with Crippen LogP contribution >= 0.6 is 11.3 Å². The van der Waals surface area contributed by atoms with Crippen LogP contribution in [0.3, 0.4) is 0 Å². The highest BCUT2D eigenvalue weighted by Crippen LogP contribution is 2.24. The Morgan fingerprint density at radius 1 is 1.38 bits per heavy atom. The fraction of sp³-hybridized carbons (Fsp3) is 0.333. The van der Waals surface area contributed by atoms with Gasteiger partial charge in [0.15, 0.2) is 0 Å². The normalized spacial score (nSPS) is 13.5. The van der Waals surface area contributed by atoms with E-state index in [-0.39, 0.29) is 5.91 Å². The number of amides is 1. The number of carbonyl (C=O) groups is 1. The van der Waals surface area contributed by atoms with E-state index >= 15 is 0 Å². The first-order valence-corrected chi connectivity index (χ1v) is 9.27. The number of rotatable bonds is 4. The molecular weight excluding hydrogens is 350 g/mol. The van der Waals surface area contributed by atoms with Crippen LogP contribution in [0, 0.1) is 6.92 Å². The summed E-state index contributed by atoms with van der Waals surface area (Å²) in [6, 6.07) is 3.73. The number of nitrogens with zero attached hydrogens (tertiary/aromatic N) is 4. The molecule has 1 aliphatic rings. The highest BCUT2D eigenvalue weighted by atomic mass is 32.1. The van der Waals surface area contributed by atoms with Gasteiger partial charge in [-0.3, -0.25) is 4.79 Å². The minimum Gasteiger partial charge on any atom is -0.481 e. The van der Waals surface area contributed by atoms with Crippen LogP contribution in [0.2, 0.25) is 0 Å². The first-order chi connectivity index (χ1) is 12.6. The molecule has 134 valence electrons. The predicted octanol–water partition coefficient (Wildman–Crippen LogP) is 2.37. The molecule has 0 aromatic carbocycles. The second kappa shape index (κ2) is 6.87. The fourth-order valence-corrected chi connectivity index (χ4v) is 3.65. The lowest BCUT2D eigenvalue weighted by atomic mass is 10.1. The molecule has 1 N–H and O–H groups in total. The Morgan fingerprint density at radius 3 is 2.96 bits per heavy atom. The Balaban J connectivity index is 1.48. The second-order valence-electron chi connectivity index (χ2n) is 6.20. The van der Waals surface area contributed by atoms with E-state index in [2.05, 4.69) is 19.9 Å². The number of ether oxygens (including phenoxy) is 1. The fourth-order valence-electron chi connectivity index (χ4n) is 3.04. The van der Waals surface area contributed by atoms with Crippen LogP contribution in [0.1, 0.15) is 22.1 Å². The van der Waals surface area contributed by atoms with Crippen molar-refractivity contribution in [3.63, 3.8) is 0 Å². The van der Waals surface area contributed by atoms with Crippen LogP contribution in [0.15, 0.2) is 23.7 Å². The molecule has 1 aliphatic heterocycles. The molecule has 1 amide bonds. The van der Waals surface area contributed by atoms with E-state index in [1.807, 2.05) is 29.3 Å². The maximum absolute atomic E-state index is 12.6. The number of thiazole rings is 1. The van der Waals surface area contributed by atoms with E-state index < -0.39 is 0 Å². The zero-order chi connectivity index (χ0) is 18.1. The van der Waals surface area contributed by atoms with E-state index in [4.69, 9.17) is 4.74 Å². The molecule has 26 heavy (non-hydrogen) atoms. The zero-order valence-electron chi connectivity index (χ0n) is 14.7. The van der Waals surface area contributed by atoms with Gasteiger partial charge in [0, 0.05) is 36.2 Å². The summed E-state index contributed by atoms with van der Waals surface area (Å²) in [6.07, 6.45) is 2.83. The summed E-state index contributed by atoms with van der Waals surface area (Å²) in [5.41, 5.74) is 3.75. The molecule has 0 spiro atoms. The number of methoxy groups -OCH3 is 1. The van der Waals surface area contributed by atoms with Crippen LogP contribution in [0.4, 0.5) is 0 Å². The van der Waals surface area contributed by atoms with Gasteiger partial charge in [-0.15, -0.1) is 11.3 Å². The molecule has 3 aromatic rings. The van der Waals surface area contributed by atoms with Gasteiger partial charge in [-0.05, 0) is 13.0 Å². The summed E-state index contributed by atoms with van der Waals surface area (Å²) in [5.74, 6) is 1.44. The van der Waals surface area contributed by atoms with Crippen LogP contribution in [-0.2, 0) is 24.2 Å². The molecule has 4 rings (SSSR count). The number of imidazole rings is 1. The monoisotopic (exact) mass is 369 g/mol. The first-order valence-electron chi connectivity index (χ1n) is 8.39. The third-order valence-electron chi connectivity index (χ3n) is 4.40. The number of H-pyrrole nitrogens is 1. The summed E-state index contributed by atoms with van der Waals surface area (Å²) in [7, 11) is 1.59. The second-order valence-corrected chi connectivity index (χ2v) is 7.26. The number of pyridine rings is 1. The summed E-state index contributed by atoms with van der Waals surface area (Å²) in [6.45, 7) is 3.18. The van der Waals surface area contributed by atoms with Crippen molar-refractivity contribution in [3.05, 3.63) is 45.8 Å². The number of nitrogens with one attached hydrogen (secondary N) is 1. The minimum absolute atomic E-state index is 0.100. The van der Waals surface area contributed by atoms with Crippen molar-refractivity contribution >= 4 is 17.2 Å². The predicted molar refractivity (Wildman–Crippen MR) is 98.0 cm³/mol. The van der Waals surface area contributed by atoms with E-state index in [9.17, 15) is 4.79 Å².